The van der Waals surface area contributed by atoms with Crippen molar-refractivity contribution >= 4 is 16.5 Å². The van der Waals surface area contributed by atoms with E-state index in [4.69, 9.17) is 5.73 Å². The molecule has 0 saturated carbocycles. The lowest BCUT2D eigenvalue weighted by Crippen LogP contribution is -2.09. The Morgan fingerprint density at radius 3 is 2.62 bits per heavy atom. The second kappa shape index (κ2) is 3.75. The van der Waals surface area contributed by atoms with Gasteiger partial charge in [0.05, 0.1) is 5.69 Å². The second-order valence-corrected chi connectivity index (χ2v) is 3.86. The SMILES string of the molecule is Nc1nc(-c2cccnc2C(F)(F)F)cs1. The fourth-order valence-electron chi connectivity index (χ4n) is 1.25. The zero-order valence-electron chi connectivity index (χ0n) is 7.82. The molecule has 0 spiro atoms. The van der Waals surface area contributed by atoms with Gasteiger partial charge in [-0.1, -0.05) is 0 Å². The number of nitrogens with zero attached hydrogens (tertiary/aromatic N) is 2. The third-order valence-electron chi connectivity index (χ3n) is 1.87. The summed E-state index contributed by atoms with van der Waals surface area (Å²) in [6, 6.07) is 2.75. The van der Waals surface area contributed by atoms with E-state index in [1.165, 1.54) is 17.5 Å². The number of alkyl halides is 3. The van der Waals surface area contributed by atoms with Crippen LogP contribution in [0.3, 0.4) is 0 Å². The number of halogens is 3. The van der Waals surface area contributed by atoms with Crippen molar-refractivity contribution in [3.05, 3.63) is 29.4 Å². The average Bonchev–Trinajstić information content (AvgIpc) is 2.64. The first kappa shape index (κ1) is 10.9. The van der Waals surface area contributed by atoms with Gasteiger partial charge in [0.1, 0.15) is 0 Å². The van der Waals surface area contributed by atoms with E-state index in [9.17, 15) is 13.2 Å². The first-order chi connectivity index (χ1) is 7.48. The Kier molecular flexibility index (Phi) is 2.55. The van der Waals surface area contributed by atoms with Crippen LogP contribution in [0.15, 0.2) is 23.7 Å². The normalized spacial score (nSPS) is 11.7. The molecule has 0 aliphatic heterocycles. The van der Waals surface area contributed by atoms with Gasteiger partial charge in [0.2, 0.25) is 0 Å². The molecule has 2 heterocycles. The molecule has 84 valence electrons. The van der Waals surface area contributed by atoms with Crippen LogP contribution in [-0.4, -0.2) is 9.97 Å². The molecule has 0 aliphatic rings. The van der Waals surface area contributed by atoms with Crippen LogP contribution in [0.25, 0.3) is 11.3 Å². The van der Waals surface area contributed by atoms with Crippen LogP contribution in [0.4, 0.5) is 18.3 Å². The summed E-state index contributed by atoms with van der Waals surface area (Å²) in [7, 11) is 0. The number of hydrogen-bond acceptors (Lipinski definition) is 4. The first-order valence-corrected chi connectivity index (χ1v) is 5.10. The number of aromatic nitrogens is 2. The molecule has 0 fully saturated rings. The van der Waals surface area contributed by atoms with Gasteiger partial charge in [-0.05, 0) is 12.1 Å². The molecule has 0 aliphatic carbocycles. The van der Waals surface area contributed by atoms with Crippen LogP contribution in [0.1, 0.15) is 5.69 Å². The summed E-state index contributed by atoms with van der Waals surface area (Å²) >= 11 is 1.09. The van der Waals surface area contributed by atoms with Crippen molar-refractivity contribution in [3.8, 4) is 11.3 Å². The van der Waals surface area contributed by atoms with Crippen LogP contribution >= 0.6 is 11.3 Å². The van der Waals surface area contributed by atoms with E-state index in [-0.39, 0.29) is 16.4 Å². The first-order valence-electron chi connectivity index (χ1n) is 4.22. The van der Waals surface area contributed by atoms with E-state index >= 15 is 0 Å². The number of nitrogens with two attached hydrogens (primary N) is 1. The van der Waals surface area contributed by atoms with Crippen molar-refractivity contribution in [2.45, 2.75) is 6.18 Å². The third-order valence-corrected chi connectivity index (χ3v) is 2.55. The van der Waals surface area contributed by atoms with Gasteiger partial charge >= 0.3 is 6.18 Å². The number of nitrogen functional groups attached to an aromatic ring is 1. The minimum absolute atomic E-state index is 0.0528. The van der Waals surface area contributed by atoms with E-state index in [1.807, 2.05) is 0 Å². The molecule has 3 nitrogen and oxygen atoms in total. The number of hydrogen-bond donors (Lipinski definition) is 1. The lowest BCUT2D eigenvalue weighted by molar-refractivity contribution is -0.140. The predicted octanol–water partition coefficient (Wildman–Crippen LogP) is 2.81. The summed E-state index contributed by atoms with van der Waals surface area (Å²) in [4.78, 5) is 7.15. The van der Waals surface area contributed by atoms with Gasteiger partial charge in [0.15, 0.2) is 10.8 Å². The lowest BCUT2D eigenvalue weighted by Gasteiger charge is -2.09. The Labute approximate surface area is 92.8 Å². The molecule has 2 rings (SSSR count). The minimum Gasteiger partial charge on any atom is -0.375 e. The zero-order valence-corrected chi connectivity index (χ0v) is 8.64. The fourth-order valence-corrected chi connectivity index (χ4v) is 1.81. The lowest BCUT2D eigenvalue weighted by atomic mass is 10.1. The van der Waals surface area contributed by atoms with E-state index in [0.29, 0.717) is 0 Å². The molecule has 16 heavy (non-hydrogen) atoms. The molecule has 0 bridgehead atoms. The highest BCUT2D eigenvalue weighted by molar-refractivity contribution is 7.13. The highest BCUT2D eigenvalue weighted by Crippen LogP contribution is 2.35. The Hall–Kier alpha value is -1.63. The molecule has 0 aromatic carbocycles. The van der Waals surface area contributed by atoms with E-state index in [1.54, 1.807) is 0 Å². The molecular formula is C9H6F3N3S. The standard InChI is InChI=1S/C9H6F3N3S/c10-9(11,12)7-5(2-1-3-14-7)6-4-16-8(13)15-6/h1-4H,(H2,13,15). The summed E-state index contributed by atoms with van der Waals surface area (Å²) in [5.41, 5.74) is 4.58. The van der Waals surface area contributed by atoms with Crippen LogP contribution in [0, 0.1) is 0 Å². The van der Waals surface area contributed by atoms with E-state index < -0.39 is 11.9 Å². The molecule has 0 radical (unpaired) electrons. The largest absolute Gasteiger partial charge is 0.434 e. The third kappa shape index (κ3) is 1.99. The molecule has 0 unspecified atom stereocenters. The summed E-state index contributed by atoms with van der Waals surface area (Å²) in [5.74, 6) is 0. The maximum absolute atomic E-state index is 12.6. The summed E-state index contributed by atoms with van der Waals surface area (Å²) in [5, 5.41) is 1.70. The zero-order chi connectivity index (χ0) is 11.8. The molecule has 2 aromatic heterocycles. The van der Waals surface area contributed by atoms with Crippen molar-refractivity contribution in [1.82, 2.24) is 9.97 Å². The summed E-state index contributed by atoms with van der Waals surface area (Å²) in [6.07, 6.45) is -3.39. The molecule has 2 N–H and O–H groups in total. The van der Waals surface area contributed by atoms with Crippen molar-refractivity contribution in [2.75, 3.05) is 5.73 Å². The molecule has 0 saturated heterocycles. The average molecular weight is 245 g/mol. The minimum atomic E-state index is -4.49. The number of anilines is 1. The molecule has 2 aromatic rings. The Morgan fingerprint density at radius 2 is 2.06 bits per heavy atom. The van der Waals surface area contributed by atoms with Crippen molar-refractivity contribution in [2.24, 2.45) is 0 Å². The fraction of sp³-hybridized carbons (Fsp3) is 0.111. The van der Waals surface area contributed by atoms with Gasteiger partial charge in [-0.2, -0.15) is 13.2 Å². The van der Waals surface area contributed by atoms with Gasteiger partial charge in [0.25, 0.3) is 0 Å². The van der Waals surface area contributed by atoms with Crippen LogP contribution in [0.5, 0.6) is 0 Å². The molecule has 0 atom stereocenters. The van der Waals surface area contributed by atoms with Crippen molar-refractivity contribution in [3.63, 3.8) is 0 Å². The van der Waals surface area contributed by atoms with Crippen LogP contribution < -0.4 is 5.73 Å². The Morgan fingerprint density at radius 1 is 1.31 bits per heavy atom. The van der Waals surface area contributed by atoms with E-state index in [0.717, 1.165) is 17.5 Å². The molecule has 7 heteroatoms. The Balaban J connectivity index is 2.57. The number of thiazole rings is 1. The van der Waals surface area contributed by atoms with Crippen molar-refractivity contribution in [1.29, 1.82) is 0 Å². The topological polar surface area (TPSA) is 51.8 Å². The van der Waals surface area contributed by atoms with E-state index in [2.05, 4.69) is 9.97 Å². The van der Waals surface area contributed by atoms with Gasteiger partial charge < -0.3 is 5.73 Å². The summed E-state index contributed by atoms with van der Waals surface area (Å²) < 4.78 is 37.9. The Bertz CT molecular complexity index is 507. The highest BCUT2D eigenvalue weighted by Gasteiger charge is 2.35. The van der Waals surface area contributed by atoms with Crippen LogP contribution in [-0.2, 0) is 6.18 Å². The maximum atomic E-state index is 12.6. The van der Waals surface area contributed by atoms with Gasteiger partial charge in [-0.15, -0.1) is 11.3 Å². The number of pyridine rings is 1. The molecular weight excluding hydrogens is 239 g/mol. The number of rotatable bonds is 1. The highest BCUT2D eigenvalue weighted by atomic mass is 32.1. The monoisotopic (exact) mass is 245 g/mol. The van der Waals surface area contributed by atoms with Crippen LogP contribution in [0.2, 0.25) is 0 Å². The van der Waals surface area contributed by atoms with Gasteiger partial charge in [0, 0.05) is 17.1 Å². The van der Waals surface area contributed by atoms with Gasteiger partial charge in [-0.25, -0.2) is 4.98 Å². The summed E-state index contributed by atoms with van der Waals surface area (Å²) in [6.45, 7) is 0. The predicted molar refractivity (Wildman–Crippen MR) is 54.8 cm³/mol. The molecule has 0 amide bonds. The smallest absolute Gasteiger partial charge is 0.375 e. The van der Waals surface area contributed by atoms with Gasteiger partial charge in [-0.3, -0.25) is 4.98 Å². The van der Waals surface area contributed by atoms with Crippen molar-refractivity contribution < 1.29 is 13.2 Å². The quantitative estimate of drug-likeness (QED) is 0.840. The second-order valence-electron chi connectivity index (χ2n) is 2.97. The maximum Gasteiger partial charge on any atom is 0.434 e.